The van der Waals surface area contributed by atoms with E-state index in [9.17, 15) is 18.9 Å². The first-order chi connectivity index (χ1) is 23.9. The number of amides is 1. The lowest BCUT2D eigenvalue weighted by Gasteiger charge is -2.48. The molecule has 3 heterocycles. The number of rotatable bonds is 7. The van der Waals surface area contributed by atoms with Gasteiger partial charge < -0.3 is 24.2 Å². The molecule has 50 heavy (non-hydrogen) atoms. The van der Waals surface area contributed by atoms with Crippen LogP contribution in [0.4, 0.5) is 5.69 Å². The number of aryl methyl sites for hydroxylation is 1. The van der Waals surface area contributed by atoms with Crippen LogP contribution in [0.25, 0.3) is 0 Å². The summed E-state index contributed by atoms with van der Waals surface area (Å²) in [5.74, 6) is -0.326. The molecular formula is C39H51ClN2O7S. The van der Waals surface area contributed by atoms with Crippen molar-refractivity contribution in [3.63, 3.8) is 0 Å². The topological polar surface area (TPSA) is 114 Å². The van der Waals surface area contributed by atoms with Crippen molar-refractivity contribution in [2.75, 3.05) is 44.4 Å². The molecule has 7 atom stereocenters. The predicted octanol–water partition coefficient (Wildman–Crippen LogP) is 6.38. The third-order valence-electron chi connectivity index (χ3n) is 11.2. The third kappa shape index (κ3) is 8.09. The van der Waals surface area contributed by atoms with Crippen molar-refractivity contribution in [2.45, 2.75) is 83.0 Å². The van der Waals surface area contributed by atoms with Crippen LogP contribution in [0.15, 0.2) is 48.6 Å². The van der Waals surface area contributed by atoms with E-state index in [0.717, 1.165) is 31.4 Å². The predicted molar refractivity (Wildman–Crippen MR) is 196 cm³/mol. The van der Waals surface area contributed by atoms with Gasteiger partial charge in [-0.25, -0.2) is 4.21 Å². The Labute approximate surface area is 303 Å². The van der Waals surface area contributed by atoms with E-state index in [-0.39, 0.29) is 47.4 Å². The number of allylic oxidation sites excluding steroid dienone is 1. The Morgan fingerprint density at radius 3 is 2.66 bits per heavy atom. The molecule has 11 heteroatoms. The summed E-state index contributed by atoms with van der Waals surface area (Å²) in [5.41, 5.74) is 1.96. The summed E-state index contributed by atoms with van der Waals surface area (Å²) in [5, 5.41) is 12.7. The van der Waals surface area contributed by atoms with Crippen LogP contribution in [0.3, 0.4) is 0 Å². The lowest BCUT2D eigenvalue weighted by molar-refractivity contribution is -0.171. The average molecular weight is 727 g/mol. The maximum atomic E-state index is 13.5. The Morgan fingerprint density at radius 1 is 1.16 bits per heavy atom. The van der Waals surface area contributed by atoms with Crippen LogP contribution in [-0.4, -0.2) is 71.6 Å². The molecule has 2 aromatic rings. The van der Waals surface area contributed by atoms with Gasteiger partial charge in [-0.15, -0.1) is 0 Å². The second kappa shape index (κ2) is 15.4. The number of hydrogen-bond donors (Lipinski definition) is 2. The van der Waals surface area contributed by atoms with Crippen LogP contribution in [0.5, 0.6) is 5.75 Å². The minimum Gasteiger partial charge on any atom is -0.491 e. The SMILES string of the molecule is CCCc1cc(Cl)ccc1C1COc2ccc3cc2N(C1)CC1CCC1[C@](O)(CC(=O)OCC1(C)COC1)/C=C/CC(C)C(C)S(=O)NC3=O. The molecular weight excluding hydrogens is 676 g/mol. The third-order valence-corrected chi connectivity index (χ3v) is 12.9. The van der Waals surface area contributed by atoms with Gasteiger partial charge in [-0.3, -0.25) is 14.3 Å². The summed E-state index contributed by atoms with van der Waals surface area (Å²) in [6, 6.07) is 11.5. The molecule has 1 amide bonds. The Bertz CT molecular complexity index is 1630. The van der Waals surface area contributed by atoms with Gasteiger partial charge in [0.2, 0.25) is 0 Å². The highest BCUT2D eigenvalue weighted by molar-refractivity contribution is 7.84. The lowest BCUT2D eigenvalue weighted by atomic mass is 9.63. The quantitative estimate of drug-likeness (QED) is 0.250. The average Bonchev–Trinajstić information content (AvgIpc) is 3.23. The summed E-state index contributed by atoms with van der Waals surface area (Å²) >= 11 is 6.44. The molecule has 2 fully saturated rings. The molecule has 0 spiro atoms. The van der Waals surface area contributed by atoms with Crippen LogP contribution in [0.2, 0.25) is 5.02 Å². The Morgan fingerprint density at radius 2 is 1.96 bits per heavy atom. The lowest BCUT2D eigenvalue weighted by Crippen LogP contribution is -2.51. The first-order valence-corrected chi connectivity index (χ1v) is 19.6. The molecule has 6 unspecified atom stereocenters. The van der Waals surface area contributed by atoms with Gasteiger partial charge in [0.25, 0.3) is 5.91 Å². The van der Waals surface area contributed by atoms with E-state index in [1.165, 1.54) is 11.1 Å². The maximum absolute atomic E-state index is 13.5. The normalized spacial score (nSPS) is 31.5. The van der Waals surface area contributed by atoms with Crippen molar-refractivity contribution in [2.24, 2.45) is 23.2 Å². The number of carbonyl (C=O) groups is 2. The maximum Gasteiger partial charge on any atom is 0.309 e. The van der Waals surface area contributed by atoms with Gasteiger partial charge >= 0.3 is 5.97 Å². The van der Waals surface area contributed by atoms with E-state index < -0.39 is 28.5 Å². The van der Waals surface area contributed by atoms with Crippen molar-refractivity contribution >= 4 is 40.2 Å². The molecule has 0 aromatic heterocycles. The van der Waals surface area contributed by atoms with E-state index in [1.807, 2.05) is 51.1 Å². The molecule has 2 bridgehead atoms. The zero-order valence-corrected chi connectivity index (χ0v) is 31.2. The van der Waals surface area contributed by atoms with Crippen LogP contribution >= 0.6 is 11.6 Å². The summed E-state index contributed by atoms with van der Waals surface area (Å²) < 4.78 is 33.6. The van der Waals surface area contributed by atoms with E-state index >= 15 is 0 Å². The molecule has 1 aliphatic carbocycles. The fourth-order valence-electron chi connectivity index (χ4n) is 7.70. The zero-order valence-electron chi connectivity index (χ0n) is 29.6. The van der Waals surface area contributed by atoms with Gasteiger partial charge in [-0.2, -0.15) is 0 Å². The number of esters is 1. The fraction of sp³-hybridized carbons (Fsp3) is 0.590. The number of hydrogen-bond acceptors (Lipinski definition) is 8. The van der Waals surface area contributed by atoms with E-state index in [0.29, 0.717) is 55.7 Å². The molecule has 3 aliphatic heterocycles. The molecule has 2 N–H and O–H groups in total. The number of halogens is 1. The van der Waals surface area contributed by atoms with E-state index in [2.05, 4.69) is 22.6 Å². The number of anilines is 1. The zero-order chi connectivity index (χ0) is 35.6. The Kier molecular flexibility index (Phi) is 11.3. The molecule has 1 saturated heterocycles. The molecule has 9 nitrogen and oxygen atoms in total. The summed E-state index contributed by atoms with van der Waals surface area (Å²) in [7, 11) is -1.64. The van der Waals surface area contributed by atoms with Crippen LogP contribution in [0.1, 0.15) is 87.2 Å². The fourth-order valence-corrected chi connectivity index (χ4v) is 8.91. The van der Waals surface area contributed by atoms with Crippen LogP contribution < -0.4 is 14.4 Å². The number of benzene rings is 2. The van der Waals surface area contributed by atoms with Crippen molar-refractivity contribution < 1.29 is 33.1 Å². The number of ether oxygens (including phenoxy) is 3. The summed E-state index contributed by atoms with van der Waals surface area (Å²) in [4.78, 5) is 29.0. The second-order valence-corrected chi connectivity index (χ2v) is 17.3. The number of nitrogens with one attached hydrogen (secondary N) is 1. The molecule has 2 aromatic carbocycles. The highest BCUT2D eigenvalue weighted by atomic mass is 35.5. The monoisotopic (exact) mass is 726 g/mol. The van der Waals surface area contributed by atoms with E-state index in [4.69, 9.17) is 25.8 Å². The highest BCUT2D eigenvalue weighted by Crippen LogP contribution is 2.47. The largest absolute Gasteiger partial charge is 0.491 e. The molecule has 4 aliphatic rings. The molecule has 6 rings (SSSR count). The number of aliphatic hydroxyl groups is 1. The van der Waals surface area contributed by atoms with Gasteiger partial charge in [0, 0.05) is 35.0 Å². The second-order valence-electron chi connectivity index (χ2n) is 15.3. The van der Waals surface area contributed by atoms with Crippen molar-refractivity contribution in [3.8, 4) is 5.75 Å². The van der Waals surface area contributed by atoms with Crippen LogP contribution in [0, 0.1) is 23.2 Å². The van der Waals surface area contributed by atoms with Crippen molar-refractivity contribution in [1.29, 1.82) is 0 Å². The standard InChI is InChI=1S/C39H51ClN2O7S/c1-5-7-27-16-31(40)11-12-32(27)30-20-42-19-29-9-13-33(29)39(45,18-36(43)49-24-38(4)22-47-23-38)15-6-8-25(2)26(3)50(46)41-37(44)28-10-14-35(48-21-30)34(42)17-28/h6,10-12,14-17,25-26,29-30,33,45H,5,7-9,13,18-24H2,1-4H3,(H,41,44)/b15-6+/t25?,26?,29?,30?,33?,39-,50?/m1/s1. The molecule has 272 valence electrons. The highest BCUT2D eigenvalue weighted by Gasteiger charge is 2.48. The van der Waals surface area contributed by atoms with Gasteiger partial charge in [0.1, 0.15) is 23.3 Å². The van der Waals surface area contributed by atoms with Gasteiger partial charge in [-0.1, -0.05) is 57.0 Å². The number of carbonyl (C=O) groups excluding carboxylic acids is 2. The number of fused-ring (bicyclic) bond motifs is 2. The molecule has 0 radical (unpaired) electrons. The van der Waals surface area contributed by atoms with Gasteiger partial charge in [0.15, 0.2) is 0 Å². The first kappa shape index (κ1) is 36.9. The minimum absolute atomic E-state index is 0.0167. The van der Waals surface area contributed by atoms with Crippen molar-refractivity contribution in [3.05, 3.63) is 70.3 Å². The number of nitrogens with zero attached hydrogens (tertiary/aromatic N) is 1. The molecule has 1 saturated carbocycles. The smallest absolute Gasteiger partial charge is 0.309 e. The first-order valence-electron chi connectivity index (χ1n) is 18.0. The summed E-state index contributed by atoms with van der Waals surface area (Å²) in [6.07, 6.45) is 7.59. The van der Waals surface area contributed by atoms with Crippen molar-refractivity contribution in [1.82, 2.24) is 4.72 Å². The van der Waals surface area contributed by atoms with Crippen LogP contribution in [-0.2, 0) is 31.7 Å². The summed E-state index contributed by atoms with van der Waals surface area (Å²) in [6.45, 7) is 11.0. The minimum atomic E-state index is -1.64. The van der Waals surface area contributed by atoms with E-state index in [1.54, 1.807) is 12.1 Å². The Hall–Kier alpha value is -2.92. The van der Waals surface area contributed by atoms with Gasteiger partial charge in [0.05, 0.1) is 42.8 Å². The van der Waals surface area contributed by atoms with Gasteiger partial charge in [-0.05, 0) is 91.8 Å². The Balaban J connectivity index is 1.35.